The van der Waals surface area contributed by atoms with Crippen LogP contribution in [0.15, 0.2) is 97.1 Å². The van der Waals surface area contributed by atoms with Gasteiger partial charge in [0.25, 0.3) is 0 Å². The molecule has 45 heavy (non-hydrogen) atoms. The summed E-state index contributed by atoms with van der Waals surface area (Å²) >= 11 is 0. The van der Waals surface area contributed by atoms with E-state index in [-0.39, 0.29) is 8.11 Å². The van der Waals surface area contributed by atoms with Crippen molar-refractivity contribution in [2.24, 2.45) is 0 Å². The van der Waals surface area contributed by atoms with Gasteiger partial charge in [-0.1, -0.05) is 0 Å². The van der Waals surface area contributed by atoms with Crippen LogP contribution in [-0.4, -0.2) is 8.11 Å². The normalized spacial score (nSPS) is 53.2. The molecule has 1 spiro atoms. The van der Waals surface area contributed by atoms with Gasteiger partial charge in [-0.15, -0.1) is 0 Å². The Balaban J connectivity index is 1.18. The van der Waals surface area contributed by atoms with E-state index in [1.807, 2.05) is 48.5 Å². The fraction of sp³-hybridized carbons (Fsp3) is 0.263. The van der Waals surface area contributed by atoms with E-state index in [2.05, 4.69) is 72.8 Å². The van der Waals surface area contributed by atoms with Crippen LogP contribution >= 0.6 is 15.8 Å². The molecule has 14 rings (SSSR count). The van der Waals surface area contributed by atoms with Crippen molar-refractivity contribution in [3.8, 4) is 24.3 Å². The summed E-state index contributed by atoms with van der Waals surface area (Å²) in [6.07, 6.45) is 0. The Morgan fingerprint density at radius 3 is 0.911 bits per heavy atom. The van der Waals surface area contributed by atoms with Gasteiger partial charge in [-0.25, -0.2) is 0 Å². The zero-order chi connectivity index (χ0) is 29.9. The first-order valence-electron chi connectivity index (χ1n) is 15.7. The van der Waals surface area contributed by atoms with E-state index in [1.54, 1.807) is 0 Å². The third-order valence-electron chi connectivity index (χ3n) is 20.4. The summed E-state index contributed by atoms with van der Waals surface area (Å²) in [4.78, 5) is 7.32. The van der Waals surface area contributed by atoms with Crippen molar-refractivity contribution in [1.82, 2.24) is 0 Å². The van der Waals surface area contributed by atoms with Crippen molar-refractivity contribution in [1.29, 1.82) is 21.0 Å². The van der Waals surface area contributed by atoms with E-state index in [0.29, 0.717) is 0 Å². The first-order valence-corrected chi connectivity index (χ1v) is 24.6. The molecule has 4 unspecified atom stereocenters. The first kappa shape index (κ1) is 22.7. The van der Waals surface area contributed by atoms with Crippen LogP contribution < -0.4 is 21.2 Å². The van der Waals surface area contributed by atoms with E-state index in [4.69, 9.17) is 0 Å². The number of hydrogen-bond acceptors (Lipinski definition) is 4. The van der Waals surface area contributed by atoms with Crippen LogP contribution in [0.5, 0.6) is 0 Å². The zero-order valence-corrected chi connectivity index (χ0v) is 26.8. The summed E-state index contributed by atoms with van der Waals surface area (Å²) in [5.41, 5.74) is 3.06. The molecule has 4 atom stereocenters. The van der Waals surface area contributed by atoms with Gasteiger partial charge < -0.3 is 0 Å². The number of fused-ring (bicyclic) bond motifs is 10. The molecule has 10 fully saturated rings. The van der Waals surface area contributed by atoms with Crippen LogP contribution in [-0.2, 0) is 6.51 Å². The van der Waals surface area contributed by atoms with Gasteiger partial charge in [0.05, 0.1) is 0 Å². The van der Waals surface area contributed by atoms with Gasteiger partial charge in [0, 0.05) is 0 Å². The average Bonchev–Trinajstić information content (AvgIpc) is 4.05. The Hall–Kier alpha value is -3.78. The molecule has 0 N–H and O–H groups in total. The van der Waals surface area contributed by atoms with Gasteiger partial charge in [0.1, 0.15) is 0 Å². The number of benzene rings is 4. The molecule has 10 aliphatic heterocycles. The Labute approximate surface area is 253 Å². The van der Waals surface area contributed by atoms with Crippen molar-refractivity contribution in [2.75, 3.05) is 0 Å². The monoisotopic (exact) mass is 654 g/mol. The molecule has 4 aromatic rings. The maximum absolute atomic E-state index is 10.6. The van der Waals surface area contributed by atoms with Crippen molar-refractivity contribution in [3.63, 3.8) is 0 Å². The Kier molecular flexibility index (Phi) is 1.93. The molecule has 4 aromatic carbocycles. The first-order chi connectivity index (χ1) is 21.9. The van der Waals surface area contributed by atoms with Gasteiger partial charge >= 0.3 is 255 Å². The molecule has 10 saturated heterocycles. The summed E-state index contributed by atoms with van der Waals surface area (Å²) in [5.74, 6) is 0. The van der Waals surface area contributed by atoms with Crippen LogP contribution in [0.3, 0.4) is 0 Å². The molecular weight excluding hydrogens is 630 g/mol. The zero-order valence-electron chi connectivity index (χ0n) is 23.9. The van der Waals surface area contributed by atoms with Crippen LogP contribution in [0.4, 0.5) is 0 Å². The van der Waals surface area contributed by atoms with E-state index >= 15 is 0 Å². The quantitative estimate of drug-likeness (QED) is 0.166. The van der Waals surface area contributed by atoms with E-state index in [1.165, 1.54) is 21.2 Å². The molecule has 7 heteroatoms. The Morgan fingerprint density at radius 2 is 0.689 bits per heavy atom. The van der Waals surface area contributed by atoms with Gasteiger partial charge in [0.15, 0.2) is 0 Å². The summed E-state index contributed by atoms with van der Waals surface area (Å²) in [5, 5.41) is 47.0. The predicted molar refractivity (Wildman–Crippen MR) is 172 cm³/mol. The fourth-order valence-electron chi connectivity index (χ4n) is 21.6. The van der Waals surface area contributed by atoms with Crippen LogP contribution in [0.25, 0.3) is 0 Å². The van der Waals surface area contributed by atoms with Gasteiger partial charge in [0.2, 0.25) is 0 Å². The topological polar surface area (TPSA) is 95.2 Å². The second-order valence-electron chi connectivity index (χ2n) is 16.9. The predicted octanol–water partition coefficient (Wildman–Crippen LogP) is 6.94. The molecule has 214 valence electrons. The van der Waals surface area contributed by atoms with Crippen LogP contribution in [0.1, 0.15) is 22.3 Å². The summed E-state index contributed by atoms with van der Waals surface area (Å²) in [6.45, 7) is -4.47. The van der Waals surface area contributed by atoms with Crippen molar-refractivity contribution < 1.29 is 6.51 Å². The second kappa shape index (κ2) is 3.82. The standard InChI is InChI=1S/C33H19N4P2.C5H5.Fe/c34-20-24-10-1-5-14-28(24)38(29-15-6-2-11-25(29)21-35)32-18-9-19-33(32)39(30-16-7-3-12-26(30)22-36)31-17-8-4-13-27(31)23-37;1-2-4-5-3-1;/h1-19H;1-5H;. The van der Waals surface area contributed by atoms with E-state index < -0.39 is 22.4 Å². The maximum atomic E-state index is 10.6. The number of nitrogens with zero attached hydrogens (tertiary/aromatic N) is 4. The van der Waals surface area contributed by atoms with E-state index in [0.717, 1.165) is 60.8 Å². The van der Waals surface area contributed by atoms with Crippen LogP contribution in [0, 0.1) is 45.3 Å². The Morgan fingerprint density at radius 1 is 0.422 bits per heavy atom. The minimum atomic E-state index is -4.47. The van der Waals surface area contributed by atoms with Gasteiger partial charge in [-0.3, -0.25) is 0 Å². The third kappa shape index (κ3) is 0.639. The SMILES string of the molecule is N#Cc1ccccc1P(c1ccccc1C#N)[C]12[CH]3[CH]4[CH]5[C]1(P(c1ccccc1C#N)c1ccccc1C#N)[Fe]43521678[CH]2[CH]1[CH]6[CH]7[CH]28. The number of hydrogen-bond donors (Lipinski definition) is 0. The molecule has 0 bridgehead atoms. The van der Waals surface area contributed by atoms with Crippen molar-refractivity contribution in [2.45, 2.75) is 46.6 Å². The molecule has 0 radical (unpaired) electrons. The Bertz CT molecular complexity index is 2510. The minimum absolute atomic E-state index is 0.179. The molecule has 0 amide bonds. The summed E-state index contributed by atoms with van der Waals surface area (Å²) in [6, 6.07) is 43.7. The van der Waals surface area contributed by atoms with Crippen molar-refractivity contribution >= 4 is 37.1 Å². The number of nitriles is 4. The van der Waals surface area contributed by atoms with E-state index in [9.17, 15) is 21.0 Å². The molecule has 10 heterocycles. The summed E-state index contributed by atoms with van der Waals surface area (Å²) < 4.78 is 0.357. The number of rotatable bonds is 6. The van der Waals surface area contributed by atoms with Crippen LogP contribution in [0.2, 0.25) is 38.5 Å². The molecule has 0 aliphatic carbocycles. The average molecular weight is 654 g/mol. The van der Waals surface area contributed by atoms with Gasteiger partial charge in [-0.2, -0.15) is 0 Å². The molecule has 0 aromatic heterocycles. The summed E-state index contributed by atoms with van der Waals surface area (Å²) in [7, 11) is -2.01. The molecule has 10 aliphatic rings. The van der Waals surface area contributed by atoms with Crippen molar-refractivity contribution in [3.05, 3.63) is 119 Å². The third-order valence-corrected chi connectivity index (χ3v) is 77.5. The molecule has 4 nitrogen and oxygen atoms in total. The second-order valence-corrected chi connectivity index (χ2v) is 45.6. The fourth-order valence-corrected chi connectivity index (χ4v) is 127. The van der Waals surface area contributed by atoms with Gasteiger partial charge in [-0.05, 0) is 0 Å². The molecule has 0 saturated carbocycles. The molecular formula is C38H24FeN4P2.